The Labute approximate surface area is 92.7 Å². The molecule has 1 aromatic carbocycles. The third-order valence-corrected chi connectivity index (χ3v) is 3.12. The number of pyridine rings is 1. The maximum atomic E-state index is 10.9. The predicted molar refractivity (Wildman–Crippen MR) is 60.2 cm³/mol. The lowest BCUT2D eigenvalue weighted by Crippen LogP contribution is -2.21. The van der Waals surface area contributed by atoms with Crippen LogP contribution in [-0.2, 0) is 10.1 Å². The van der Waals surface area contributed by atoms with Crippen LogP contribution in [-0.4, -0.2) is 18.0 Å². The minimum absolute atomic E-state index is 0.126. The average Bonchev–Trinajstić information content (AvgIpc) is 2.26. The molecule has 5 nitrogen and oxygen atoms in total. The summed E-state index contributed by atoms with van der Waals surface area (Å²) in [6.07, 6.45) is 0. The molecule has 2 aromatic rings. The van der Waals surface area contributed by atoms with Crippen LogP contribution in [0.3, 0.4) is 0 Å². The van der Waals surface area contributed by atoms with E-state index in [1.165, 1.54) is 6.07 Å². The maximum absolute atomic E-state index is 10.9. The Bertz CT molecular complexity index is 625. The second kappa shape index (κ2) is 3.82. The number of para-hydroxylation sites is 1. The van der Waals surface area contributed by atoms with E-state index < -0.39 is 15.5 Å². The topological polar surface area (TPSA) is 93.3 Å². The Morgan fingerprint density at radius 2 is 1.88 bits per heavy atom. The van der Waals surface area contributed by atoms with Crippen molar-refractivity contribution >= 4 is 21.0 Å². The molecule has 0 bridgehead atoms. The summed E-state index contributed by atoms with van der Waals surface area (Å²) in [7, 11) is -4.31. The molecule has 0 amide bonds. The number of nitrogens with zero attached hydrogens (tertiary/aromatic N) is 1. The molecule has 6 heteroatoms. The van der Waals surface area contributed by atoms with E-state index in [-0.39, 0.29) is 5.69 Å². The summed E-state index contributed by atoms with van der Waals surface area (Å²) < 4.78 is 30.5. The molecule has 0 spiro atoms. The van der Waals surface area contributed by atoms with Crippen LogP contribution in [0.15, 0.2) is 36.4 Å². The van der Waals surface area contributed by atoms with Gasteiger partial charge in [-0.2, -0.15) is 8.42 Å². The molecular formula is C10H10N2O3S. The molecule has 0 saturated carbocycles. The zero-order chi connectivity index (χ0) is 11.8. The quantitative estimate of drug-likeness (QED) is 0.763. The zero-order valence-electron chi connectivity index (χ0n) is 8.24. The van der Waals surface area contributed by atoms with Crippen molar-refractivity contribution in [2.24, 2.45) is 5.73 Å². The lowest BCUT2D eigenvalue weighted by atomic mass is 10.2. The van der Waals surface area contributed by atoms with Crippen LogP contribution in [0.5, 0.6) is 0 Å². The largest absolute Gasteiger partial charge is 0.308 e. The number of benzene rings is 1. The summed E-state index contributed by atoms with van der Waals surface area (Å²) in [5.41, 5.74) is 6.13. The van der Waals surface area contributed by atoms with Gasteiger partial charge in [0.2, 0.25) is 0 Å². The third kappa shape index (κ3) is 2.04. The molecule has 0 fully saturated rings. The highest BCUT2D eigenvalue weighted by Gasteiger charge is 2.21. The van der Waals surface area contributed by atoms with E-state index >= 15 is 0 Å². The summed E-state index contributed by atoms with van der Waals surface area (Å²) in [5.74, 6) is 0. The molecular weight excluding hydrogens is 228 g/mol. The first-order valence-corrected chi connectivity index (χ1v) is 6.06. The van der Waals surface area contributed by atoms with Gasteiger partial charge in [-0.1, -0.05) is 24.3 Å². The van der Waals surface area contributed by atoms with Crippen LogP contribution in [0.1, 0.15) is 11.1 Å². The van der Waals surface area contributed by atoms with Crippen LogP contribution in [0.4, 0.5) is 0 Å². The molecule has 0 radical (unpaired) electrons. The van der Waals surface area contributed by atoms with Crippen LogP contribution >= 0.6 is 0 Å². The van der Waals surface area contributed by atoms with Gasteiger partial charge < -0.3 is 5.73 Å². The molecule has 0 aliphatic heterocycles. The van der Waals surface area contributed by atoms with Gasteiger partial charge in [0.25, 0.3) is 10.1 Å². The van der Waals surface area contributed by atoms with Gasteiger partial charge in [0.05, 0.1) is 11.2 Å². The van der Waals surface area contributed by atoms with E-state index in [2.05, 4.69) is 4.98 Å². The van der Waals surface area contributed by atoms with E-state index in [1.807, 2.05) is 12.1 Å². The Hall–Kier alpha value is -1.50. The Kier molecular flexibility index (Phi) is 2.63. The second-order valence-corrected chi connectivity index (χ2v) is 4.90. The molecule has 1 heterocycles. The first kappa shape index (κ1) is 11.0. The predicted octanol–water partition coefficient (Wildman–Crippen LogP) is 1.08. The summed E-state index contributed by atoms with van der Waals surface area (Å²) in [4.78, 5) is 4.08. The molecule has 0 aliphatic rings. The summed E-state index contributed by atoms with van der Waals surface area (Å²) in [6, 6.07) is 10.4. The lowest BCUT2D eigenvalue weighted by molar-refractivity contribution is 0.469. The Morgan fingerprint density at radius 3 is 2.56 bits per heavy atom. The molecule has 16 heavy (non-hydrogen) atoms. The monoisotopic (exact) mass is 238 g/mol. The average molecular weight is 238 g/mol. The van der Waals surface area contributed by atoms with Gasteiger partial charge in [-0.3, -0.25) is 4.55 Å². The molecule has 0 saturated heterocycles. The minimum atomic E-state index is -4.31. The highest BCUT2D eigenvalue weighted by molar-refractivity contribution is 7.86. The third-order valence-electron chi connectivity index (χ3n) is 2.23. The number of aromatic nitrogens is 1. The van der Waals surface area contributed by atoms with Gasteiger partial charge in [-0.25, -0.2) is 4.98 Å². The number of hydrogen-bond donors (Lipinski definition) is 2. The Balaban J connectivity index is 2.55. The fraction of sp³-hybridized carbons (Fsp3) is 0.100. The summed E-state index contributed by atoms with van der Waals surface area (Å²) in [5, 5.41) is -0.620. The van der Waals surface area contributed by atoms with Gasteiger partial charge in [-0.15, -0.1) is 0 Å². The van der Waals surface area contributed by atoms with Gasteiger partial charge in [-0.05, 0) is 12.1 Å². The molecule has 84 valence electrons. The smallest absolute Gasteiger partial charge is 0.286 e. The molecule has 1 atom stereocenters. The fourth-order valence-electron chi connectivity index (χ4n) is 1.39. The normalized spacial score (nSPS) is 13.9. The maximum Gasteiger partial charge on any atom is 0.286 e. The van der Waals surface area contributed by atoms with Crippen molar-refractivity contribution in [2.45, 2.75) is 5.37 Å². The van der Waals surface area contributed by atoms with Crippen LogP contribution in [0.25, 0.3) is 10.9 Å². The van der Waals surface area contributed by atoms with Crippen molar-refractivity contribution in [3.05, 3.63) is 42.1 Å². The zero-order valence-corrected chi connectivity index (χ0v) is 9.05. The molecule has 1 unspecified atom stereocenters. The van der Waals surface area contributed by atoms with Crippen molar-refractivity contribution in [3.63, 3.8) is 0 Å². The van der Waals surface area contributed by atoms with Crippen molar-refractivity contribution in [3.8, 4) is 0 Å². The summed E-state index contributed by atoms with van der Waals surface area (Å²) >= 11 is 0. The van der Waals surface area contributed by atoms with Crippen molar-refractivity contribution in [2.75, 3.05) is 0 Å². The SMILES string of the molecule is NC(c1ccc2ccccc2n1)S(=O)(=O)O. The molecule has 3 N–H and O–H groups in total. The number of hydrogen-bond acceptors (Lipinski definition) is 4. The first-order chi connectivity index (χ1) is 7.48. The molecule has 2 rings (SSSR count). The Morgan fingerprint density at radius 1 is 1.19 bits per heavy atom. The van der Waals surface area contributed by atoms with Crippen LogP contribution < -0.4 is 5.73 Å². The van der Waals surface area contributed by atoms with E-state index in [4.69, 9.17) is 10.3 Å². The van der Waals surface area contributed by atoms with Gasteiger partial charge in [0, 0.05) is 5.39 Å². The van der Waals surface area contributed by atoms with Crippen LogP contribution in [0, 0.1) is 0 Å². The summed E-state index contributed by atoms with van der Waals surface area (Å²) in [6.45, 7) is 0. The van der Waals surface area contributed by atoms with E-state index in [0.717, 1.165) is 5.39 Å². The van der Waals surface area contributed by atoms with Crippen LogP contribution in [0.2, 0.25) is 0 Å². The number of nitrogens with two attached hydrogens (primary N) is 1. The van der Waals surface area contributed by atoms with E-state index in [0.29, 0.717) is 5.52 Å². The second-order valence-electron chi connectivity index (χ2n) is 3.36. The van der Waals surface area contributed by atoms with Gasteiger partial charge in [0.1, 0.15) is 0 Å². The number of rotatable bonds is 2. The lowest BCUT2D eigenvalue weighted by Gasteiger charge is -2.08. The van der Waals surface area contributed by atoms with Gasteiger partial charge in [0.15, 0.2) is 5.37 Å². The molecule has 1 aromatic heterocycles. The van der Waals surface area contributed by atoms with Crippen molar-refractivity contribution in [1.29, 1.82) is 0 Å². The fourth-order valence-corrected chi connectivity index (χ4v) is 1.83. The first-order valence-electron chi connectivity index (χ1n) is 4.56. The highest BCUT2D eigenvalue weighted by Crippen LogP contribution is 2.17. The van der Waals surface area contributed by atoms with E-state index in [1.54, 1.807) is 18.2 Å². The van der Waals surface area contributed by atoms with Crippen molar-refractivity contribution in [1.82, 2.24) is 4.98 Å². The molecule has 0 aliphatic carbocycles. The minimum Gasteiger partial charge on any atom is -0.308 e. The van der Waals surface area contributed by atoms with E-state index in [9.17, 15) is 8.42 Å². The number of fused-ring (bicyclic) bond motifs is 1. The van der Waals surface area contributed by atoms with Crippen molar-refractivity contribution < 1.29 is 13.0 Å². The van der Waals surface area contributed by atoms with Gasteiger partial charge >= 0.3 is 0 Å². The highest BCUT2D eigenvalue weighted by atomic mass is 32.2. The standard InChI is InChI=1S/C10H10N2O3S/c11-10(16(13,14)15)9-6-5-7-3-1-2-4-8(7)12-9/h1-6,10H,11H2,(H,13,14,15).